The molecule has 13 rings (SSSR count). The number of anilines is 3. The third kappa shape index (κ3) is 6.61. The molecule has 0 amide bonds. The molecule has 1 aliphatic carbocycles. The molecule has 1 aliphatic rings. The van der Waals surface area contributed by atoms with Crippen molar-refractivity contribution in [2.45, 2.75) is 12.3 Å². The first-order chi connectivity index (χ1) is 34.1. The lowest BCUT2D eigenvalue weighted by Gasteiger charge is -2.34. The minimum absolute atomic E-state index is 0.394. The third-order valence-electron chi connectivity index (χ3n) is 14.7. The lowest BCUT2D eigenvalue weighted by Crippen LogP contribution is -2.25. The SMILES string of the molecule is CC1(c2ccccc2)c2ccccc2-c2cccc(N(c3ccc(-c4ccc5c(c4)c(-c4ccccc4)c(-c4ccccc4)c4ccccc45)cc3)c3ccc(-c4cccc5ccccc45)cc3)c21. The molecular weight excluding hydrogens is 831 g/mol. The Bertz CT molecular complexity index is 3870. The number of rotatable bonds is 8. The summed E-state index contributed by atoms with van der Waals surface area (Å²) in [5, 5.41) is 7.52. The predicted octanol–water partition coefficient (Wildman–Crippen LogP) is 18.6. The van der Waals surface area contributed by atoms with Crippen molar-refractivity contribution >= 4 is 49.4 Å². The van der Waals surface area contributed by atoms with Crippen LogP contribution in [0.15, 0.2) is 267 Å². The largest absolute Gasteiger partial charge is 0.310 e. The van der Waals surface area contributed by atoms with Gasteiger partial charge in [-0.2, -0.15) is 0 Å². The molecule has 1 heteroatoms. The van der Waals surface area contributed by atoms with E-state index in [2.05, 4.69) is 279 Å². The molecule has 0 spiro atoms. The second kappa shape index (κ2) is 16.5. The van der Waals surface area contributed by atoms with E-state index in [0.717, 1.165) is 11.4 Å². The van der Waals surface area contributed by atoms with E-state index in [9.17, 15) is 0 Å². The van der Waals surface area contributed by atoms with E-state index in [4.69, 9.17) is 0 Å². The van der Waals surface area contributed by atoms with Crippen LogP contribution in [-0.2, 0) is 5.41 Å². The third-order valence-corrected chi connectivity index (χ3v) is 14.7. The molecular formula is C68H47N. The Kier molecular flexibility index (Phi) is 9.70. The zero-order chi connectivity index (χ0) is 45.9. The fourth-order valence-electron chi connectivity index (χ4n) is 11.5. The molecule has 0 aliphatic heterocycles. The molecule has 0 saturated carbocycles. The Balaban J connectivity index is 0.992. The molecule has 69 heavy (non-hydrogen) atoms. The summed E-state index contributed by atoms with van der Waals surface area (Å²) in [4.78, 5) is 2.48. The number of fused-ring (bicyclic) bond motifs is 7. The van der Waals surface area contributed by atoms with Gasteiger partial charge in [-0.15, -0.1) is 0 Å². The second-order valence-corrected chi connectivity index (χ2v) is 18.5. The molecule has 0 heterocycles. The van der Waals surface area contributed by atoms with Crippen molar-refractivity contribution in [3.63, 3.8) is 0 Å². The quantitative estimate of drug-likeness (QED) is 0.138. The first-order valence-corrected chi connectivity index (χ1v) is 24.0. The minimum atomic E-state index is -0.394. The van der Waals surface area contributed by atoms with Crippen LogP contribution in [0.1, 0.15) is 23.6 Å². The summed E-state index contributed by atoms with van der Waals surface area (Å²) in [6.07, 6.45) is 0. The molecule has 1 nitrogen and oxygen atoms in total. The topological polar surface area (TPSA) is 3.24 Å². The highest BCUT2D eigenvalue weighted by Crippen LogP contribution is 2.57. The average Bonchev–Trinajstić information content (AvgIpc) is 3.70. The summed E-state index contributed by atoms with van der Waals surface area (Å²) in [6.45, 7) is 2.41. The Morgan fingerprint density at radius 3 is 1.51 bits per heavy atom. The Morgan fingerprint density at radius 1 is 0.304 bits per heavy atom. The fraction of sp³-hybridized carbons (Fsp3) is 0.0294. The van der Waals surface area contributed by atoms with Crippen LogP contribution in [0.4, 0.5) is 17.1 Å². The maximum atomic E-state index is 2.48. The van der Waals surface area contributed by atoms with E-state index in [-0.39, 0.29) is 0 Å². The second-order valence-electron chi connectivity index (χ2n) is 18.5. The van der Waals surface area contributed by atoms with E-state index in [0.29, 0.717) is 0 Å². The van der Waals surface area contributed by atoms with Crippen molar-refractivity contribution in [2.24, 2.45) is 0 Å². The van der Waals surface area contributed by atoms with Crippen molar-refractivity contribution in [3.8, 4) is 55.6 Å². The summed E-state index contributed by atoms with van der Waals surface area (Å²) < 4.78 is 0. The van der Waals surface area contributed by atoms with Crippen molar-refractivity contribution < 1.29 is 0 Å². The van der Waals surface area contributed by atoms with Crippen LogP contribution in [0.5, 0.6) is 0 Å². The van der Waals surface area contributed by atoms with Crippen LogP contribution in [-0.4, -0.2) is 0 Å². The lowest BCUT2D eigenvalue weighted by molar-refractivity contribution is 0.714. The number of hydrogen-bond acceptors (Lipinski definition) is 1. The molecule has 0 fully saturated rings. The molecule has 0 radical (unpaired) electrons. The Morgan fingerprint density at radius 2 is 0.797 bits per heavy atom. The zero-order valence-corrected chi connectivity index (χ0v) is 38.4. The van der Waals surface area contributed by atoms with Crippen LogP contribution < -0.4 is 4.90 Å². The van der Waals surface area contributed by atoms with Gasteiger partial charge in [0.05, 0.1) is 5.69 Å². The van der Waals surface area contributed by atoms with Crippen molar-refractivity contribution in [1.29, 1.82) is 0 Å². The van der Waals surface area contributed by atoms with Gasteiger partial charge < -0.3 is 4.90 Å². The number of benzene rings is 12. The van der Waals surface area contributed by atoms with E-state index >= 15 is 0 Å². The maximum absolute atomic E-state index is 2.48. The highest BCUT2D eigenvalue weighted by Gasteiger charge is 2.43. The summed E-state index contributed by atoms with van der Waals surface area (Å²) in [7, 11) is 0. The van der Waals surface area contributed by atoms with Crippen molar-refractivity contribution in [2.75, 3.05) is 4.90 Å². The highest BCUT2D eigenvalue weighted by molar-refractivity contribution is 6.22. The van der Waals surface area contributed by atoms with E-state index < -0.39 is 5.41 Å². The summed E-state index contributed by atoms with van der Waals surface area (Å²) >= 11 is 0. The van der Waals surface area contributed by atoms with Gasteiger partial charge in [-0.25, -0.2) is 0 Å². The number of hydrogen-bond donors (Lipinski definition) is 0. The maximum Gasteiger partial charge on any atom is 0.0512 e. The van der Waals surface area contributed by atoms with E-state index in [1.165, 1.54) is 110 Å². The molecule has 324 valence electrons. The van der Waals surface area contributed by atoms with E-state index in [1.54, 1.807) is 0 Å². The van der Waals surface area contributed by atoms with Gasteiger partial charge in [-0.05, 0) is 148 Å². The van der Waals surface area contributed by atoms with Gasteiger partial charge in [0.2, 0.25) is 0 Å². The van der Waals surface area contributed by atoms with Gasteiger partial charge >= 0.3 is 0 Å². The predicted molar refractivity (Wildman–Crippen MR) is 293 cm³/mol. The number of nitrogens with zero attached hydrogens (tertiary/aromatic N) is 1. The molecule has 0 N–H and O–H groups in total. The van der Waals surface area contributed by atoms with Crippen LogP contribution >= 0.6 is 0 Å². The zero-order valence-electron chi connectivity index (χ0n) is 38.4. The first kappa shape index (κ1) is 40.5. The van der Waals surface area contributed by atoms with Crippen molar-refractivity contribution in [1.82, 2.24) is 0 Å². The monoisotopic (exact) mass is 877 g/mol. The molecule has 0 bridgehead atoms. The molecule has 12 aromatic rings. The van der Waals surface area contributed by atoms with Crippen LogP contribution in [0.2, 0.25) is 0 Å². The van der Waals surface area contributed by atoms with Crippen LogP contribution in [0, 0.1) is 0 Å². The highest BCUT2D eigenvalue weighted by atomic mass is 15.1. The molecule has 0 saturated heterocycles. The van der Waals surface area contributed by atoms with Gasteiger partial charge in [-0.3, -0.25) is 0 Å². The van der Waals surface area contributed by atoms with Gasteiger partial charge in [0.15, 0.2) is 0 Å². The standard InChI is InChI=1S/C68H47N/c1-68(52-25-9-4-10-26-52)63-33-16-15-29-59(63)61-32-18-34-64(67(61)68)69(54-42-37-48(38-43-54)56-31-17-24-47-19-11-12-27-55(47)56)53-40-35-46(36-41-53)51-39-44-58-57-28-13-14-30-60(57)65(49-20-5-2-6-21-49)66(62(58)45-51)50-22-7-3-8-23-50/h2-45H,1H3. The minimum Gasteiger partial charge on any atom is -0.310 e. The summed E-state index contributed by atoms with van der Waals surface area (Å²) in [5.41, 5.74) is 19.2. The Hall–Kier alpha value is -8.78. The smallest absolute Gasteiger partial charge is 0.0512 e. The van der Waals surface area contributed by atoms with E-state index in [1.807, 2.05) is 0 Å². The van der Waals surface area contributed by atoms with Gasteiger partial charge in [-0.1, -0.05) is 231 Å². The summed E-state index contributed by atoms with van der Waals surface area (Å²) in [5.74, 6) is 0. The molecule has 12 aromatic carbocycles. The van der Waals surface area contributed by atoms with Crippen LogP contribution in [0.3, 0.4) is 0 Å². The first-order valence-electron chi connectivity index (χ1n) is 24.0. The lowest BCUT2D eigenvalue weighted by atomic mass is 9.73. The molecule has 0 aromatic heterocycles. The van der Waals surface area contributed by atoms with Gasteiger partial charge in [0.25, 0.3) is 0 Å². The summed E-state index contributed by atoms with van der Waals surface area (Å²) in [6, 6.07) is 98.3. The van der Waals surface area contributed by atoms with Gasteiger partial charge in [0, 0.05) is 16.8 Å². The average molecular weight is 878 g/mol. The van der Waals surface area contributed by atoms with Crippen molar-refractivity contribution in [3.05, 3.63) is 284 Å². The fourth-order valence-corrected chi connectivity index (χ4v) is 11.5. The van der Waals surface area contributed by atoms with Gasteiger partial charge in [0.1, 0.15) is 0 Å². The molecule has 1 unspecified atom stereocenters. The Labute approximate surface area is 403 Å². The normalized spacial score (nSPS) is 13.9. The van der Waals surface area contributed by atoms with Crippen LogP contribution in [0.25, 0.3) is 88.0 Å². The molecule has 1 atom stereocenters.